The van der Waals surface area contributed by atoms with Gasteiger partial charge in [0.1, 0.15) is 0 Å². The molecule has 0 unspecified atom stereocenters. The molecule has 0 spiro atoms. The number of hydrogen-bond donors (Lipinski definition) is 0. The van der Waals surface area contributed by atoms with Crippen LogP contribution in [0.25, 0.3) is 0 Å². The third-order valence-electron chi connectivity index (χ3n) is 4.23. The van der Waals surface area contributed by atoms with Gasteiger partial charge in [-0.2, -0.15) is 11.3 Å². The fraction of sp³-hybridized carbons (Fsp3) is 0.412. The predicted molar refractivity (Wildman–Crippen MR) is 81.1 cm³/mol. The molecule has 2 aromatic rings. The highest BCUT2D eigenvalue weighted by Gasteiger charge is 2.43. The van der Waals surface area contributed by atoms with Crippen LogP contribution >= 0.6 is 11.3 Å². The number of thiophene rings is 1. The Kier molecular flexibility index (Phi) is 3.78. The fourth-order valence-corrected chi connectivity index (χ4v) is 3.91. The van der Waals surface area contributed by atoms with Gasteiger partial charge in [0.25, 0.3) is 0 Å². The van der Waals surface area contributed by atoms with Crippen LogP contribution in [0.1, 0.15) is 29.8 Å². The largest absolute Gasteiger partial charge is 0.365 e. The molecule has 110 valence electrons. The van der Waals surface area contributed by atoms with Crippen LogP contribution in [-0.2, 0) is 14.2 Å². The summed E-state index contributed by atoms with van der Waals surface area (Å²) in [6, 6.07) is 12.6. The first-order valence-electron chi connectivity index (χ1n) is 7.37. The molecule has 1 aromatic carbocycles. The normalized spacial score (nSPS) is 30.0. The highest BCUT2D eigenvalue weighted by Crippen LogP contribution is 2.48. The van der Waals surface area contributed by atoms with Crippen LogP contribution in [0, 0.1) is 5.92 Å². The van der Waals surface area contributed by atoms with Crippen molar-refractivity contribution in [3.05, 3.63) is 58.3 Å². The first kappa shape index (κ1) is 13.5. The number of benzene rings is 1. The summed E-state index contributed by atoms with van der Waals surface area (Å²) in [4.78, 5) is 0. The molecule has 4 heteroatoms. The number of ether oxygens (including phenoxy) is 3. The summed E-state index contributed by atoms with van der Waals surface area (Å²) in [5, 5.41) is 4.27. The lowest BCUT2D eigenvalue weighted by molar-refractivity contribution is -0.103. The third kappa shape index (κ3) is 2.64. The lowest BCUT2D eigenvalue weighted by Gasteiger charge is -2.22. The van der Waals surface area contributed by atoms with E-state index < -0.39 is 0 Å². The van der Waals surface area contributed by atoms with E-state index >= 15 is 0 Å². The van der Waals surface area contributed by atoms with E-state index in [1.165, 1.54) is 11.1 Å². The van der Waals surface area contributed by atoms with Crippen molar-refractivity contribution in [3.63, 3.8) is 0 Å². The van der Waals surface area contributed by atoms with E-state index in [2.05, 4.69) is 41.1 Å². The molecule has 0 bridgehead atoms. The Morgan fingerprint density at radius 1 is 0.952 bits per heavy atom. The van der Waals surface area contributed by atoms with Crippen LogP contribution in [0.2, 0.25) is 0 Å². The van der Waals surface area contributed by atoms with Crippen LogP contribution in [0.5, 0.6) is 0 Å². The average molecular weight is 302 g/mol. The molecular weight excluding hydrogens is 284 g/mol. The molecule has 0 radical (unpaired) electrons. The summed E-state index contributed by atoms with van der Waals surface area (Å²) < 4.78 is 17.9. The number of hydrogen-bond acceptors (Lipinski definition) is 4. The molecule has 2 fully saturated rings. The average Bonchev–Trinajstić information content (AvgIpc) is 3.27. The maximum Gasteiger partial charge on any atom is 0.163 e. The van der Waals surface area contributed by atoms with E-state index in [4.69, 9.17) is 14.2 Å². The molecule has 1 aromatic heterocycles. The minimum absolute atomic E-state index is 0.0598. The fourth-order valence-electron chi connectivity index (χ4n) is 3.23. The van der Waals surface area contributed by atoms with Crippen LogP contribution in [-0.4, -0.2) is 19.5 Å². The lowest BCUT2D eigenvalue weighted by atomic mass is 9.93. The topological polar surface area (TPSA) is 27.7 Å². The Labute approximate surface area is 128 Å². The van der Waals surface area contributed by atoms with Gasteiger partial charge in [-0.25, -0.2) is 0 Å². The van der Waals surface area contributed by atoms with Gasteiger partial charge >= 0.3 is 0 Å². The van der Waals surface area contributed by atoms with Crippen molar-refractivity contribution in [1.82, 2.24) is 0 Å². The molecule has 2 saturated heterocycles. The summed E-state index contributed by atoms with van der Waals surface area (Å²) >= 11 is 1.71. The first-order valence-corrected chi connectivity index (χ1v) is 8.32. The van der Waals surface area contributed by atoms with Crippen molar-refractivity contribution in [3.8, 4) is 0 Å². The smallest absolute Gasteiger partial charge is 0.163 e. The minimum Gasteiger partial charge on any atom is -0.365 e. The second-order valence-electron chi connectivity index (χ2n) is 5.52. The molecule has 0 saturated carbocycles. The summed E-state index contributed by atoms with van der Waals surface area (Å²) in [5.41, 5.74) is 2.47. The van der Waals surface area contributed by atoms with Crippen molar-refractivity contribution >= 4 is 11.3 Å². The van der Waals surface area contributed by atoms with Gasteiger partial charge < -0.3 is 14.2 Å². The zero-order valence-corrected chi connectivity index (χ0v) is 12.5. The molecule has 3 heterocycles. The third-order valence-corrected chi connectivity index (χ3v) is 4.93. The molecular formula is C17H18O3S. The van der Waals surface area contributed by atoms with E-state index in [1.807, 2.05) is 6.07 Å². The van der Waals surface area contributed by atoms with Crippen LogP contribution in [0.15, 0.2) is 47.2 Å². The van der Waals surface area contributed by atoms with Gasteiger partial charge in [-0.1, -0.05) is 30.3 Å². The Morgan fingerprint density at radius 2 is 1.76 bits per heavy atom. The van der Waals surface area contributed by atoms with Crippen LogP contribution < -0.4 is 0 Å². The van der Waals surface area contributed by atoms with Gasteiger partial charge in [0, 0.05) is 5.92 Å². The Hall–Kier alpha value is -1.20. The quantitative estimate of drug-likeness (QED) is 0.859. The van der Waals surface area contributed by atoms with Gasteiger partial charge in [-0.3, -0.25) is 0 Å². The summed E-state index contributed by atoms with van der Waals surface area (Å²) in [6.07, 6.45) is 0.983. The maximum absolute atomic E-state index is 6.36. The standard InChI is InChI=1S/C17H18O3S/c1-2-4-12(5-3-1)15-10-14(17-18-7-8-19-17)16(20-15)13-6-9-21-11-13/h1-6,9,11,14-17H,7-8,10H2/t14-,15-,16+/m0/s1. The number of rotatable bonds is 3. The zero-order chi connectivity index (χ0) is 14.1. The van der Waals surface area contributed by atoms with Crippen LogP contribution in [0.3, 0.4) is 0 Å². The molecule has 21 heavy (non-hydrogen) atoms. The molecule has 0 aliphatic carbocycles. The Morgan fingerprint density at radius 3 is 2.48 bits per heavy atom. The Bertz CT molecular complexity index is 563. The van der Waals surface area contributed by atoms with E-state index in [9.17, 15) is 0 Å². The molecule has 2 aliphatic heterocycles. The lowest BCUT2D eigenvalue weighted by Crippen LogP contribution is -2.24. The summed E-state index contributed by atoms with van der Waals surface area (Å²) in [7, 11) is 0. The van der Waals surface area contributed by atoms with Crippen molar-refractivity contribution in [2.45, 2.75) is 24.9 Å². The SMILES string of the molecule is c1ccc([C@@H]2C[C@H](C3OCCO3)[C@@H](c3ccsc3)O2)cc1. The van der Waals surface area contributed by atoms with E-state index in [0.29, 0.717) is 13.2 Å². The highest BCUT2D eigenvalue weighted by molar-refractivity contribution is 7.07. The van der Waals surface area contributed by atoms with Crippen molar-refractivity contribution < 1.29 is 14.2 Å². The van der Waals surface area contributed by atoms with Gasteiger partial charge in [0.15, 0.2) is 6.29 Å². The molecule has 4 rings (SSSR count). The predicted octanol–water partition coefficient (Wildman–Crippen LogP) is 3.94. The molecule has 3 atom stereocenters. The molecule has 3 nitrogen and oxygen atoms in total. The van der Waals surface area contributed by atoms with Gasteiger partial charge in [-0.05, 0) is 34.4 Å². The zero-order valence-electron chi connectivity index (χ0n) is 11.7. The molecule has 0 amide bonds. The second-order valence-corrected chi connectivity index (χ2v) is 6.30. The van der Waals surface area contributed by atoms with Crippen molar-refractivity contribution in [1.29, 1.82) is 0 Å². The molecule has 0 N–H and O–H groups in total. The maximum atomic E-state index is 6.36. The van der Waals surface area contributed by atoms with E-state index in [0.717, 1.165) is 6.42 Å². The van der Waals surface area contributed by atoms with Crippen LogP contribution in [0.4, 0.5) is 0 Å². The first-order chi connectivity index (χ1) is 10.4. The van der Waals surface area contributed by atoms with Gasteiger partial charge in [-0.15, -0.1) is 0 Å². The van der Waals surface area contributed by atoms with Crippen molar-refractivity contribution in [2.24, 2.45) is 5.92 Å². The van der Waals surface area contributed by atoms with E-state index in [-0.39, 0.29) is 24.4 Å². The Balaban J connectivity index is 1.61. The molecule has 2 aliphatic rings. The van der Waals surface area contributed by atoms with Crippen molar-refractivity contribution in [2.75, 3.05) is 13.2 Å². The monoisotopic (exact) mass is 302 g/mol. The van der Waals surface area contributed by atoms with Gasteiger partial charge in [0.2, 0.25) is 0 Å². The van der Waals surface area contributed by atoms with E-state index in [1.54, 1.807) is 11.3 Å². The second kappa shape index (κ2) is 5.89. The summed E-state index contributed by atoms with van der Waals surface area (Å²) in [6.45, 7) is 1.38. The summed E-state index contributed by atoms with van der Waals surface area (Å²) in [5.74, 6) is 0.257. The minimum atomic E-state index is -0.136. The highest BCUT2D eigenvalue weighted by atomic mass is 32.1. The van der Waals surface area contributed by atoms with Gasteiger partial charge in [0.05, 0.1) is 25.4 Å².